The molecule has 1 aromatic rings. The Morgan fingerprint density at radius 1 is 1.22 bits per heavy atom. The quantitative estimate of drug-likeness (QED) is 0.562. The fraction of sp³-hybridized carbons (Fsp3) is 0.250. The highest BCUT2D eigenvalue weighted by Gasteiger charge is 2.36. The van der Waals surface area contributed by atoms with E-state index in [-0.39, 0.29) is 23.0 Å². The van der Waals surface area contributed by atoms with Gasteiger partial charge in [-0.05, 0) is 58.4 Å². The third kappa shape index (κ3) is 5.23. The second kappa shape index (κ2) is 8.91. The zero-order chi connectivity index (χ0) is 20.1. The first-order valence-corrected chi connectivity index (χ1v) is 9.12. The summed E-state index contributed by atoms with van der Waals surface area (Å²) in [5, 5.41) is 16.9. The molecule has 1 aromatic carbocycles. The largest absolute Gasteiger partial charge is 0.490 e. The number of rotatable bonds is 8. The second-order valence-electron chi connectivity index (χ2n) is 5.11. The zero-order valence-electron chi connectivity index (χ0n) is 13.9. The summed E-state index contributed by atoms with van der Waals surface area (Å²) in [4.78, 5) is 46.2. The molecule has 1 heterocycles. The number of hydrogen-bond acceptors (Lipinski definition) is 7. The smallest absolute Gasteiger partial charge is 0.341 e. The molecule has 1 fully saturated rings. The van der Waals surface area contributed by atoms with E-state index in [1.165, 1.54) is 12.1 Å². The fourth-order valence-electron chi connectivity index (χ4n) is 2.13. The van der Waals surface area contributed by atoms with Crippen molar-refractivity contribution < 1.29 is 38.9 Å². The van der Waals surface area contributed by atoms with Gasteiger partial charge in [-0.3, -0.25) is 19.3 Å². The number of carbonyl (C=O) groups is 4. The van der Waals surface area contributed by atoms with Gasteiger partial charge in [-0.2, -0.15) is 0 Å². The fourth-order valence-corrected chi connectivity index (χ4v) is 3.54. The molecule has 0 aromatic heterocycles. The standard InChI is InChI=1S/C16H14BrNO8S/c1-2-25-10-4-8(3-9(17)14(10)26-7-13(21)22)5-11-15(23)18(6-12(19)20)16(24)27-11/h3-5H,2,6-7H2,1H3,(H,19,20)(H,21,22)/b11-5+. The van der Waals surface area contributed by atoms with Gasteiger partial charge in [0.15, 0.2) is 18.1 Å². The molecular formula is C16H14BrNO8S. The van der Waals surface area contributed by atoms with Crippen LogP contribution in [0.5, 0.6) is 11.5 Å². The molecule has 0 spiro atoms. The number of benzene rings is 1. The number of nitrogens with zero attached hydrogens (tertiary/aromatic N) is 1. The van der Waals surface area contributed by atoms with Crippen LogP contribution >= 0.6 is 27.7 Å². The zero-order valence-corrected chi connectivity index (χ0v) is 16.3. The number of thioether (sulfide) groups is 1. The maximum Gasteiger partial charge on any atom is 0.341 e. The van der Waals surface area contributed by atoms with Crippen LogP contribution in [0.2, 0.25) is 0 Å². The summed E-state index contributed by atoms with van der Waals surface area (Å²) in [6.45, 7) is 0.747. The molecule has 1 saturated heterocycles. The molecule has 2 N–H and O–H groups in total. The third-order valence-electron chi connectivity index (χ3n) is 3.14. The van der Waals surface area contributed by atoms with Crippen molar-refractivity contribution >= 4 is 56.9 Å². The summed E-state index contributed by atoms with van der Waals surface area (Å²) >= 11 is 3.90. The van der Waals surface area contributed by atoms with Crippen LogP contribution in [0.1, 0.15) is 12.5 Å². The minimum Gasteiger partial charge on any atom is -0.490 e. The lowest BCUT2D eigenvalue weighted by atomic mass is 10.2. The molecular weight excluding hydrogens is 446 g/mol. The van der Waals surface area contributed by atoms with Gasteiger partial charge in [0.2, 0.25) is 0 Å². The van der Waals surface area contributed by atoms with E-state index in [0.29, 0.717) is 26.7 Å². The lowest BCUT2D eigenvalue weighted by Crippen LogP contribution is -2.33. The topological polar surface area (TPSA) is 130 Å². The van der Waals surface area contributed by atoms with Crippen molar-refractivity contribution in [1.82, 2.24) is 4.90 Å². The van der Waals surface area contributed by atoms with E-state index in [4.69, 9.17) is 19.7 Å². The molecule has 2 amide bonds. The Hall–Kier alpha value is -2.53. The molecule has 0 aliphatic carbocycles. The van der Waals surface area contributed by atoms with Gasteiger partial charge >= 0.3 is 11.9 Å². The van der Waals surface area contributed by atoms with E-state index in [1.807, 2.05) is 0 Å². The van der Waals surface area contributed by atoms with Crippen LogP contribution in [0.15, 0.2) is 21.5 Å². The van der Waals surface area contributed by atoms with E-state index in [2.05, 4.69) is 15.9 Å². The summed E-state index contributed by atoms with van der Waals surface area (Å²) in [5.74, 6) is -2.70. The number of carbonyl (C=O) groups excluding carboxylic acids is 2. The molecule has 0 radical (unpaired) electrons. The summed E-state index contributed by atoms with van der Waals surface area (Å²) in [7, 11) is 0. The summed E-state index contributed by atoms with van der Waals surface area (Å²) in [6.07, 6.45) is 1.42. The van der Waals surface area contributed by atoms with Gasteiger partial charge in [-0.1, -0.05) is 0 Å². The Morgan fingerprint density at radius 3 is 2.52 bits per heavy atom. The highest BCUT2D eigenvalue weighted by atomic mass is 79.9. The Morgan fingerprint density at radius 2 is 1.93 bits per heavy atom. The molecule has 11 heteroatoms. The Kier molecular flexibility index (Phi) is 6.86. The Balaban J connectivity index is 2.34. The van der Waals surface area contributed by atoms with Gasteiger partial charge in [-0.25, -0.2) is 4.79 Å². The summed E-state index contributed by atoms with van der Waals surface area (Å²) < 4.78 is 11.1. The van der Waals surface area contributed by atoms with E-state index in [9.17, 15) is 19.2 Å². The SMILES string of the molecule is CCOc1cc(/C=C2/SC(=O)N(CC(=O)O)C2=O)cc(Br)c1OCC(=O)O. The minimum absolute atomic E-state index is 0.0646. The first kappa shape index (κ1) is 20.8. The molecule has 0 unspecified atom stereocenters. The number of hydrogen-bond donors (Lipinski definition) is 2. The molecule has 0 atom stereocenters. The van der Waals surface area contributed by atoms with Crippen molar-refractivity contribution in [3.05, 3.63) is 27.1 Å². The van der Waals surface area contributed by atoms with Gasteiger partial charge in [0.25, 0.3) is 11.1 Å². The van der Waals surface area contributed by atoms with E-state index in [0.717, 1.165) is 0 Å². The number of ether oxygens (including phenoxy) is 2. The number of aliphatic carboxylic acids is 2. The van der Waals surface area contributed by atoms with Crippen molar-refractivity contribution in [2.45, 2.75) is 6.92 Å². The van der Waals surface area contributed by atoms with E-state index < -0.39 is 36.2 Å². The lowest BCUT2D eigenvalue weighted by Gasteiger charge is -2.13. The highest BCUT2D eigenvalue weighted by Crippen LogP contribution is 2.39. The number of imide groups is 1. The van der Waals surface area contributed by atoms with Crippen LogP contribution < -0.4 is 9.47 Å². The highest BCUT2D eigenvalue weighted by molar-refractivity contribution is 9.10. The van der Waals surface area contributed by atoms with Crippen molar-refractivity contribution in [3.8, 4) is 11.5 Å². The molecule has 144 valence electrons. The molecule has 1 aliphatic rings. The maximum atomic E-state index is 12.2. The predicted octanol–water partition coefficient (Wildman–Crippen LogP) is 2.43. The van der Waals surface area contributed by atoms with Crippen molar-refractivity contribution in [2.24, 2.45) is 0 Å². The Labute approximate surface area is 166 Å². The van der Waals surface area contributed by atoms with Crippen molar-refractivity contribution in [3.63, 3.8) is 0 Å². The van der Waals surface area contributed by atoms with Crippen LogP contribution in [0, 0.1) is 0 Å². The molecule has 2 rings (SSSR count). The average Bonchev–Trinajstić information content (AvgIpc) is 2.81. The summed E-state index contributed by atoms with van der Waals surface area (Å²) in [5.41, 5.74) is 0.480. The first-order chi connectivity index (χ1) is 12.7. The normalized spacial score (nSPS) is 15.3. The number of amides is 2. The van der Waals surface area contributed by atoms with Crippen LogP contribution in [-0.4, -0.2) is 58.0 Å². The van der Waals surface area contributed by atoms with Gasteiger partial charge in [0.05, 0.1) is 16.0 Å². The number of carboxylic acid groups (broad SMARTS) is 2. The summed E-state index contributed by atoms with van der Waals surface area (Å²) in [6, 6.07) is 3.08. The number of carboxylic acids is 2. The van der Waals surface area contributed by atoms with E-state index in [1.54, 1.807) is 13.0 Å². The van der Waals surface area contributed by atoms with Crippen LogP contribution in [-0.2, 0) is 14.4 Å². The third-order valence-corrected chi connectivity index (χ3v) is 4.63. The van der Waals surface area contributed by atoms with Gasteiger partial charge in [0, 0.05) is 0 Å². The van der Waals surface area contributed by atoms with Crippen molar-refractivity contribution in [1.29, 1.82) is 0 Å². The van der Waals surface area contributed by atoms with Crippen LogP contribution in [0.3, 0.4) is 0 Å². The number of halogens is 1. The van der Waals surface area contributed by atoms with Gasteiger partial charge in [-0.15, -0.1) is 0 Å². The van der Waals surface area contributed by atoms with Crippen LogP contribution in [0.25, 0.3) is 6.08 Å². The minimum atomic E-state index is -1.29. The maximum absolute atomic E-state index is 12.2. The Bertz CT molecular complexity index is 838. The molecule has 0 bridgehead atoms. The average molecular weight is 460 g/mol. The molecule has 9 nitrogen and oxygen atoms in total. The monoisotopic (exact) mass is 459 g/mol. The predicted molar refractivity (Wildman–Crippen MR) is 98.8 cm³/mol. The molecule has 27 heavy (non-hydrogen) atoms. The molecule has 1 aliphatic heterocycles. The lowest BCUT2D eigenvalue weighted by molar-refractivity contribution is -0.140. The second-order valence-corrected chi connectivity index (χ2v) is 6.95. The van der Waals surface area contributed by atoms with Crippen molar-refractivity contribution in [2.75, 3.05) is 19.8 Å². The first-order valence-electron chi connectivity index (χ1n) is 7.51. The molecule has 0 saturated carbocycles. The van der Waals surface area contributed by atoms with Gasteiger partial charge < -0.3 is 19.7 Å². The van der Waals surface area contributed by atoms with E-state index >= 15 is 0 Å². The van der Waals surface area contributed by atoms with Gasteiger partial charge in [0.1, 0.15) is 6.54 Å². The van der Waals surface area contributed by atoms with Crippen LogP contribution in [0.4, 0.5) is 4.79 Å².